The summed E-state index contributed by atoms with van der Waals surface area (Å²) in [5, 5.41) is 7.23. The second kappa shape index (κ2) is 9.01. The summed E-state index contributed by atoms with van der Waals surface area (Å²) in [6, 6.07) is 18.8. The predicted octanol–water partition coefficient (Wildman–Crippen LogP) is 6.06. The fourth-order valence-corrected chi connectivity index (χ4v) is 4.73. The Hall–Kier alpha value is -3.00. The molecule has 0 unspecified atom stereocenters. The molecular weight excluding hydrogens is 450 g/mol. The fraction of sp³-hybridized carbons (Fsp3) is 0.0870. The molecule has 0 saturated carbocycles. The third kappa shape index (κ3) is 4.54. The van der Waals surface area contributed by atoms with Crippen molar-refractivity contribution in [1.29, 1.82) is 0 Å². The van der Waals surface area contributed by atoms with Crippen LogP contribution in [0.5, 0.6) is 5.75 Å². The first-order chi connectivity index (χ1) is 15.0. The van der Waals surface area contributed by atoms with Gasteiger partial charge in [-0.05, 0) is 61.1 Å². The molecule has 0 spiro atoms. The second-order valence-corrected chi connectivity index (χ2v) is 8.59. The zero-order chi connectivity index (χ0) is 22.0. The van der Waals surface area contributed by atoms with E-state index in [0.29, 0.717) is 22.0 Å². The molecule has 5 nitrogen and oxygen atoms in total. The number of ether oxygens (including phenoxy) is 1. The van der Waals surface area contributed by atoms with Gasteiger partial charge in [0.2, 0.25) is 0 Å². The SMILES string of the molecule is COc1c(C)cccc1C(=O)NC(=S)Nc1ccc(-c2nc3ccccc3s2)c(Cl)c1. The number of carbonyl (C=O) groups is 1. The number of aromatic nitrogens is 1. The third-order valence-corrected chi connectivity index (χ3v) is 6.23. The Labute approximate surface area is 194 Å². The van der Waals surface area contributed by atoms with Crippen molar-refractivity contribution >= 4 is 62.1 Å². The minimum absolute atomic E-state index is 0.164. The summed E-state index contributed by atoms with van der Waals surface area (Å²) in [5.41, 5.74) is 3.72. The van der Waals surface area contributed by atoms with Crippen LogP contribution in [-0.4, -0.2) is 23.1 Å². The number of carbonyl (C=O) groups excluding carboxylic acids is 1. The van der Waals surface area contributed by atoms with E-state index in [1.54, 1.807) is 29.5 Å². The maximum absolute atomic E-state index is 12.6. The van der Waals surface area contributed by atoms with Gasteiger partial charge in [0.25, 0.3) is 5.91 Å². The first-order valence-corrected chi connectivity index (χ1v) is 11.0. The molecule has 31 heavy (non-hydrogen) atoms. The largest absolute Gasteiger partial charge is 0.496 e. The standard InChI is InChI=1S/C23H18ClN3O2S2/c1-13-6-5-7-16(20(13)29-2)21(28)27-23(30)25-14-10-11-15(17(24)12-14)22-26-18-8-3-4-9-19(18)31-22/h3-12H,1-2H3,(H2,25,27,28,30). The van der Waals surface area contributed by atoms with Crippen molar-refractivity contribution in [3.05, 3.63) is 76.8 Å². The number of methoxy groups -OCH3 is 1. The van der Waals surface area contributed by atoms with Gasteiger partial charge in [-0.3, -0.25) is 10.1 Å². The van der Waals surface area contributed by atoms with Crippen LogP contribution < -0.4 is 15.4 Å². The molecule has 0 fully saturated rings. The number of para-hydroxylation sites is 2. The molecule has 0 bridgehead atoms. The van der Waals surface area contributed by atoms with Crippen LogP contribution in [0.3, 0.4) is 0 Å². The summed E-state index contributed by atoms with van der Waals surface area (Å²) in [5.74, 6) is 0.168. The van der Waals surface area contributed by atoms with Crippen LogP contribution in [0.25, 0.3) is 20.8 Å². The topological polar surface area (TPSA) is 63.2 Å². The average molecular weight is 468 g/mol. The van der Waals surface area contributed by atoms with Gasteiger partial charge < -0.3 is 10.1 Å². The van der Waals surface area contributed by atoms with Crippen molar-refractivity contribution in [2.45, 2.75) is 6.92 Å². The summed E-state index contributed by atoms with van der Waals surface area (Å²) >= 11 is 13.4. The Morgan fingerprint density at radius 3 is 2.68 bits per heavy atom. The highest BCUT2D eigenvalue weighted by Crippen LogP contribution is 2.35. The second-order valence-electron chi connectivity index (χ2n) is 6.75. The molecule has 2 N–H and O–H groups in total. The van der Waals surface area contributed by atoms with E-state index < -0.39 is 0 Å². The van der Waals surface area contributed by atoms with Crippen LogP contribution in [-0.2, 0) is 0 Å². The van der Waals surface area contributed by atoms with Crippen LogP contribution in [0.1, 0.15) is 15.9 Å². The molecule has 1 amide bonds. The number of thiazole rings is 1. The minimum Gasteiger partial charge on any atom is -0.496 e. The zero-order valence-corrected chi connectivity index (χ0v) is 19.1. The lowest BCUT2D eigenvalue weighted by molar-refractivity contribution is 0.0974. The van der Waals surface area contributed by atoms with E-state index in [4.69, 9.17) is 28.6 Å². The number of rotatable bonds is 4. The summed E-state index contributed by atoms with van der Waals surface area (Å²) in [6.45, 7) is 1.88. The third-order valence-electron chi connectivity index (χ3n) is 4.64. The number of hydrogen-bond acceptors (Lipinski definition) is 5. The molecule has 8 heteroatoms. The quantitative estimate of drug-likeness (QED) is 0.357. The number of anilines is 1. The van der Waals surface area contributed by atoms with Crippen LogP contribution in [0, 0.1) is 6.92 Å². The molecule has 0 saturated heterocycles. The molecule has 0 atom stereocenters. The maximum Gasteiger partial charge on any atom is 0.261 e. The molecule has 4 rings (SSSR count). The summed E-state index contributed by atoms with van der Waals surface area (Å²) in [6.07, 6.45) is 0. The van der Waals surface area contributed by atoms with Crippen LogP contribution in [0.2, 0.25) is 5.02 Å². The highest BCUT2D eigenvalue weighted by atomic mass is 35.5. The molecule has 0 aliphatic rings. The average Bonchev–Trinajstić information content (AvgIpc) is 3.17. The van der Waals surface area contributed by atoms with Crippen molar-refractivity contribution < 1.29 is 9.53 Å². The Balaban J connectivity index is 1.48. The molecule has 3 aromatic carbocycles. The van der Waals surface area contributed by atoms with Crippen LogP contribution >= 0.6 is 35.2 Å². The Morgan fingerprint density at radius 2 is 1.94 bits per heavy atom. The zero-order valence-electron chi connectivity index (χ0n) is 16.7. The fourth-order valence-electron chi connectivity index (χ4n) is 3.19. The van der Waals surface area contributed by atoms with E-state index in [-0.39, 0.29) is 11.0 Å². The maximum atomic E-state index is 12.6. The molecule has 156 valence electrons. The van der Waals surface area contributed by atoms with Crippen molar-refractivity contribution in [3.8, 4) is 16.3 Å². The van der Waals surface area contributed by atoms with E-state index in [1.165, 1.54) is 7.11 Å². The van der Waals surface area contributed by atoms with Gasteiger partial charge in [0, 0.05) is 11.3 Å². The Bertz CT molecular complexity index is 1270. The molecule has 4 aromatic rings. The van der Waals surface area contributed by atoms with Crippen molar-refractivity contribution in [1.82, 2.24) is 10.3 Å². The first kappa shape index (κ1) is 21.2. The number of hydrogen-bond donors (Lipinski definition) is 2. The molecular formula is C23H18ClN3O2S2. The molecule has 1 aromatic heterocycles. The number of nitrogens with one attached hydrogen (secondary N) is 2. The highest BCUT2D eigenvalue weighted by Gasteiger charge is 2.16. The lowest BCUT2D eigenvalue weighted by atomic mass is 10.1. The monoisotopic (exact) mass is 467 g/mol. The summed E-state index contributed by atoms with van der Waals surface area (Å²) < 4.78 is 6.45. The van der Waals surface area contributed by atoms with Gasteiger partial charge in [0.15, 0.2) is 5.11 Å². The minimum atomic E-state index is -0.352. The van der Waals surface area contributed by atoms with Gasteiger partial charge in [-0.15, -0.1) is 11.3 Å². The lowest BCUT2D eigenvalue weighted by Crippen LogP contribution is -2.34. The van der Waals surface area contributed by atoms with E-state index in [1.807, 2.05) is 49.4 Å². The van der Waals surface area contributed by atoms with Gasteiger partial charge in [0.05, 0.1) is 27.9 Å². The predicted molar refractivity (Wildman–Crippen MR) is 131 cm³/mol. The molecule has 0 radical (unpaired) electrons. The number of benzene rings is 3. The van der Waals surface area contributed by atoms with Crippen LogP contribution in [0.15, 0.2) is 60.7 Å². The van der Waals surface area contributed by atoms with Gasteiger partial charge in [-0.1, -0.05) is 35.9 Å². The van der Waals surface area contributed by atoms with E-state index in [0.717, 1.165) is 26.4 Å². The number of amides is 1. The smallest absolute Gasteiger partial charge is 0.261 e. The van der Waals surface area contributed by atoms with E-state index in [2.05, 4.69) is 15.6 Å². The van der Waals surface area contributed by atoms with Crippen molar-refractivity contribution in [2.24, 2.45) is 0 Å². The van der Waals surface area contributed by atoms with Gasteiger partial charge in [-0.25, -0.2) is 4.98 Å². The van der Waals surface area contributed by atoms with Gasteiger partial charge >= 0.3 is 0 Å². The number of fused-ring (bicyclic) bond motifs is 1. The molecule has 0 aliphatic carbocycles. The lowest BCUT2D eigenvalue weighted by Gasteiger charge is -2.13. The normalized spacial score (nSPS) is 10.7. The molecule has 0 aliphatic heterocycles. The number of nitrogens with zero attached hydrogens (tertiary/aromatic N) is 1. The number of halogens is 1. The Kier molecular flexibility index (Phi) is 6.18. The summed E-state index contributed by atoms with van der Waals surface area (Å²) in [7, 11) is 1.53. The highest BCUT2D eigenvalue weighted by molar-refractivity contribution is 7.80. The molecule has 1 heterocycles. The van der Waals surface area contributed by atoms with Crippen molar-refractivity contribution in [2.75, 3.05) is 12.4 Å². The van der Waals surface area contributed by atoms with Gasteiger partial charge in [-0.2, -0.15) is 0 Å². The van der Waals surface area contributed by atoms with E-state index in [9.17, 15) is 4.79 Å². The number of thiocarbonyl (C=S) groups is 1. The Morgan fingerprint density at radius 1 is 1.13 bits per heavy atom. The number of aryl methyl sites for hydroxylation is 1. The van der Waals surface area contributed by atoms with Crippen LogP contribution in [0.4, 0.5) is 5.69 Å². The first-order valence-electron chi connectivity index (χ1n) is 9.37. The van der Waals surface area contributed by atoms with E-state index >= 15 is 0 Å². The van der Waals surface area contributed by atoms with Crippen molar-refractivity contribution in [3.63, 3.8) is 0 Å². The summed E-state index contributed by atoms with van der Waals surface area (Å²) in [4.78, 5) is 17.3. The van der Waals surface area contributed by atoms with Gasteiger partial charge in [0.1, 0.15) is 10.8 Å².